The SMILES string of the molecule is C[C@H]1CN(C(=O)C2CCN(C(=O)CCNc3ccccc3)CC2)C[C@H](C)O1. The lowest BCUT2D eigenvalue weighted by atomic mass is 9.94. The highest BCUT2D eigenvalue weighted by Crippen LogP contribution is 2.22. The van der Waals surface area contributed by atoms with Crippen LogP contribution in [-0.4, -0.2) is 66.5 Å². The van der Waals surface area contributed by atoms with Crippen LogP contribution < -0.4 is 5.32 Å². The molecule has 2 atom stereocenters. The second-order valence-corrected chi connectivity index (χ2v) is 7.70. The zero-order valence-corrected chi connectivity index (χ0v) is 16.4. The van der Waals surface area contributed by atoms with E-state index in [1.54, 1.807) is 0 Å². The molecular formula is C21H31N3O3. The summed E-state index contributed by atoms with van der Waals surface area (Å²) in [6.07, 6.45) is 2.19. The number of ether oxygens (including phenoxy) is 1. The first-order valence-corrected chi connectivity index (χ1v) is 10.0. The number of carbonyl (C=O) groups is 2. The lowest BCUT2D eigenvalue weighted by molar-refractivity contribution is -0.150. The average molecular weight is 373 g/mol. The lowest BCUT2D eigenvalue weighted by Crippen LogP contribution is -2.51. The van der Waals surface area contributed by atoms with Crippen LogP contribution in [0.4, 0.5) is 5.69 Å². The van der Waals surface area contributed by atoms with Gasteiger partial charge in [0.1, 0.15) is 0 Å². The number of carbonyl (C=O) groups excluding carboxylic acids is 2. The van der Waals surface area contributed by atoms with E-state index in [0.717, 1.165) is 18.5 Å². The molecule has 1 aromatic carbocycles. The summed E-state index contributed by atoms with van der Waals surface area (Å²) in [5.41, 5.74) is 1.03. The van der Waals surface area contributed by atoms with Crippen molar-refractivity contribution in [3.8, 4) is 0 Å². The van der Waals surface area contributed by atoms with Gasteiger partial charge in [-0.1, -0.05) is 18.2 Å². The van der Waals surface area contributed by atoms with Gasteiger partial charge in [-0.15, -0.1) is 0 Å². The van der Waals surface area contributed by atoms with Gasteiger partial charge in [-0.3, -0.25) is 9.59 Å². The number of hydrogen-bond acceptors (Lipinski definition) is 4. The predicted molar refractivity (Wildman–Crippen MR) is 105 cm³/mol. The van der Waals surface area contributed by atoms with E-state index >= 15 is 0 Å². The summed E-state index contributed by atoms with van der Waals surface area (Å²) in [6, 6.07) is 9.91. The molecule has 0 bridgehead atoms. The van der Waals surface area contributed by atoms with Crippen LogP contribution in [0.15, 0.2) is 30.3 Å². The fraction of sp³-hybridized carbons (Fsp3) is 0.619. The molecule has 2 saturated heterocycles. The van der Waals surface area contributed by atoms with Gasteiger partial charge in [-0.2, -0.15) is 0 Å². The highest BCUT2D eigenvalue weighted by molar-refractivity contribution is 5.80. The van der Waals surface area contributed by atoms with Crippen LogP contribution in [0.5, 0.6) is 0 Å². The molecule has 3 rings (SSSR count). The van der Waals surface area contributed by atoms with Gasteiger partial charge in [-0.05, 0) is 38.8 Å². The molecule has 27 heavy (non-hydrogen) atoms. The first-order valence-electron chi connectivity index (χ1n) is 10.0. The highest BCUT2D eigenvalue weighted by atomic mass is 16.5. The Labute approximate surface area is 161 Å². The quantitative estimate of drug-likeness (QED) is 0.861. The molecule has 1 aromatic rings. The summed E-state index contributed by atoms with van der Waals surface area (Å²) in [6.45, 7) is 7.36. The summed E-state index contributed by atoms with van der Waals surface area (Å²) < 4.78 is 5.72. The third-order valence-corrected chi connectivity index (χ3v) is 5.37. The summed E-state index contributed by atoms with van der Waals surface area (Å²) in [4.78, 5) is 29.1. The van der Waals surface area contributed by atoms with Gasteiger partial charge in [0.2, 0.25) is 11.8 Å². The first-order chi connectivity index (χ1) is 13.0. The largest absolute Gasteiger partial charge is 0.385 e. The number of anilines is 1. The molecule has 148 valence electrons. The fourth-order valence-electron chi connectivity index (χ4n) is 4.02. The first kappa shape index (κ1) is 19.7. The third-order valence-electron chi connectivity index (χ3n) is 5.37. The summed E-state index contributed by atoms with van der Waals surface area (Å²) in [7, 11) is 0. The number of benzene rings is 1. The molecule has 0 radical (unpaired) electrons. The van der Waals surface area contributed by atoms with Gasteiger partial charge in [0.05, 0.1) is 12.2 Å². The van der Waals surface area contributed by atoms with Crippen molar-refractivity contribution in [1.82, 2.24) is 9.80 Å². The molecule has 1 N–H and O–H groups in total. The lowest BCUT2D eigenvalue weighted by Gasteiger charge is -2.39. The molecule has 6 nitrogen and oxygen atoms in total. The molecule has 0 spiro atoms. The van der Waals surface area contributed by atoms with Crippen molar-refractivity contribution in [2.45, 2.75) is 45.3 Å². The Hall–Kier alpha value is -2.08. The smallest absolute Gasteiger partial charge is 0.225 e. The normalized spacial score (nSPS) is 23.9. The minimum atomic E-state index is 0.0361. The molecule has 0 aliphatic carbocycles. The van der Waals surface area contributed by atoms with E-state index in [2.05, 4.69) is 5.32 Å². The molecule has 2 fully saturated rings. The highest BCUT2D eigenvalue weighted by Gasteiger charge is 2.33. The van der Waals surface area contributed by atoms with Crippen LogP contribution >= 0.6 is 0 Å². The van der Waals surface area contributed by atoms with E-state index in [4.69, 9.17) is 4.74 Å². The maximum atomic E-state index is 12.8. The second kappa shape index (κ2) is 9.22. The minimum Gasteiger partial charge on any atom is -0.385 e. The molecule has 6 heteroatoms. The van der Waals surface area contributed by atoms with E-state index in [0.29, 0.717) is 39.1 Å². The molecule has 2 amide bonds. The molecule has 0 aromatic heterocycles. The van der Waals surface area contributed by atoms with Crippen LogP contribution in [-0.2, 0) is 14.3 Å². The maximum absolute atomic E-state index is 12.8. The number of rotatable bonds is 5. The average Bonchev–Trinajstić information content (AvgIpc) is 2.67. The van der Waals surface area contributed by atoms with E-state index in [9.17, 15) is 9.59 Å². The van der Waals surface area contributed by atoms with Crippen molar-refractivity contribution in [3.63, 3.8) is 0 Å². The number of likely N-dealkylation sites (tertiary alicyclic amines) is 1. The van der Waals surface area contributed by atoms with Gasteiger partial charge in [-0.25, -0.2) is 0 Å². The van der Waals surface area contributed by atoms with E-state index in [1.165, 1.54) is 0 Å². The van der Waals surface area contributed by atoms with Crippen molar-refractivity contribution in [2.75, 3.05) is 38.0 Å². The van der Waals surface area contributed by atoms with Gasteiger partial charge >= 0.3 is 0 Å². The van der Waals surface area contributed by atoms with E-state index in [1.807, 2.05) is 54.0 Å². The van der Waals surface area contributed by atoms with Crippen LogP contribution in [0.1, 0.15) is 33.1 Å². The topological polar surface area (TPSA) is 61.9 Å². The van der Waals surface area contributed by atoms with E-state index < -0.39 is 0 Å². The number of amides is 2. The van der Waals surface area contributed by atoms with Crippen molar-refractivity contribution >= 4 is 17.5 Å². The number of morpholine rings is 1. The Balaban J connectivity index is 1.40. The number of nitrogens with one attached hydrogen (secondary N) is 1. The molecule has 2 aliphatic heterocycles. The Bertz CT molecular complexity index is 619. The monoisotopic (exact) mass is 373 g/mol. The molecule has 2 heterocycles. The van der Waals surface area contributed by atoms with Crippen molar-refractivity contribution in [2.24, 2.45) is 5.92 Å². The Morgan fingerprint density at radius 3 is 2.30 bits per heavy atom. The maximum Gasteiger partial charge on any atom is 0.225 e. The van der Waals surface area contributed by atoms with Crippen LogP contribution in [0.2, 0.25) is 0 Å². The zero-order chi connectivity index (χ0) is 19.2. The molecular weight excluding hydrogens is 342 g/mol. The van der Waals surface area contributed by atoms with Gasteiger partial charge in [0.25, 0.3) is 0 Å². The van der Waals surface area contributed by atoms with Crippen LogP contribution in [0.25, 0.3) is 0 Å². The summed E-state index contributed by atoms with van der Waals surface area (Å²) >= 11 is 0. The summed E-state index contributed by atoms with van der Waals surface area (Å²) in [5.74, 6) is 0.432. The summed E-state index contributed by atoms with van der Waals surface area (Å²) in [5, 5.41) is 3.27. The Morgan fingerprint density at radius 1 is 1.04 bits per heavy atom. The van der Waals surface area contributed by atoms with Crippen LogP contribution in [0.3, 0.4) is 0 Å². The van der Waals surface area contributed by atoms with Crippen molar-refractivity contribution < 1.29 is 14.3 Å². The Kier molecular flexibility index (Phi) is 6.72. The molecule has 0 saturated carbocycles. The molecule has 0 unspecified atom stereocenters. The Morgan fingerprint density at radius 2 is 1.67 bits per heavy atom. The third kappa shape index (κ3) is 5.45. The minimum absolute atomic E-state index is 0.0361. The van der Waals surface area contributed by atoms with Crippen LogP contribution in [0, 0.1) is 5.92 Å². The number of nitrogens with zero attached hydrogens (tertiary/aromatic N) is 2. The predicted octanol–water partition coefficient (Wildman–Crippen LogP) is 2.36. The standard InChI is InChI=1S/C21H31N3O3/c1-16-14-24(15-17(2)27-16)21(26)18-9-12-23(13-10-18)20(25)8-11-22-19-6-4-3-5-7-19/h3-7,16-18,22H,8-15H2,1-2H3/t16-,17-/m0/s1. The number of hydrogen-bond donors (Lipinski definition) is 1. The number of para-hydroxylation sites is 1. The van der Waals surface area contributed by atoms with Gasteiger partial charge in [0.15, 0.2) is 0 Å². The number of piperidine rings is 1. The van der Waals surface area contributed by atoms with Crippen molar-refractivity contribution in [3.05, 3.63) is 30.3 Å². The van der Waals surface area contributed by atoms with Gasteiger partial charge < -0.3 is 19.9 Å². The molecule has 2 aliphatic rings. The second-order valence-electron chi connectivity index (χ2n) is 7.70. The van der Waals surface area contributed by atoms with Gasteiger partial charge in [0, 0.05) is 50.7 Å². The fourth-order valence-corrected chi connectivity index (χ4v) is 4.02. The van der Waals surface area contributed by atoms with Crippen molar-refractivity contribution in [1.29, 1.82) is 0 Å². The van der Waals surface area contributed by atoms with E-state index in [-0.39, 0.29) is 29.9 Å². The zero-order valence-electron chi connectivity index (χ0n) is 16.4.